The van der Waals surface area contributed by atoms with Gasteiger partial charge in [-0.15, -0.1) is 0 Å². The topological polar surface area (TPSA) is 90.2 Å². The van der Waals surface area contributed by atoms with Crippen molar-refractivity contribution in [2.75, 3.05) is 26.4 Å². The van der Waals surface area contributed by atoms with Crippen LogP contribution in [0.15, 0.2) is 0 Å². The van der Waals surface area contributed by atoms with Crippen LogP contribution in [0.1, 0.15) is 168 Å². The molecule has 0 aromatic rings. The molecule has 6 heteroatoms. The van der Waals surface area contributed by atoms with Gasteiger partial charge in [0.25, 0.3) is 0 Å². The Labute approximate surface area is 240 Å². The second-order valence-electron chi connectivity index (χ2n) is 11.5. The summed E-state index contributed by atoms with van der Waals surface area (Å²) in [5.74, 6) is 0. The Hall–Kier alpha value is 0.230. The van der Waals surface area contributed by atoms with Crippen LogP contribution in [0.25, 0.3) is 0 Å². The summed E-state index contributed by atoms with van der Waals surface area (Å²) in [6.45, 7) is 4.57. The largest absolute Gasteiger partial charge is 0.396 e. The van der Waals surface area contributed by atoms with Gasteiger partial charge in [0, 0.05) is 26.4 Å². The van der Waals surface area contributed by atoms with Crippen molar-refractivity contribution in [1.29, 1.82) is 0 Å². The SMILES string of the molecule is CCCCCCCCCCCC(CCO)(CCO)OC(CCO)(CCO)CCCCCCCCCCC.P. The van der Waals surface area contributed by atoms with E-state index in [1.165, 1.54) is 89.9 Å². The maximum Gasteiger partial charge on any atom is 0.0733 e. The Bertz CT molecular complexity index is 411. The highest BCUT2D eigenvalue weighted by Crippen LogP contribution is 2.38. The van der Waals surface area contributed by atoms with Gasteiger partial charge in [0.1, 0.15) is 0 Å². The molecule has 0 fully saturated rings. The fourth-order valence-electron chi connectivity index (χ4n) is 5.85. The molecule has 0 radical (unpaired) electrons. The van der Waals surface area contributed by atoms with Crippen LogP contribution in [0.4, 0.5) is 0 Å². The zero-order valence-electron chi connectivity index (χ0n) is 25.7. The molecule has 38 heavy (non-hydrogen) atoms. The van der Waals surface area contributed by atoms with Gasteiger partial charge < -0.3 is 25.2 Å². The second-order valence-corrected chi connectivity index (χ2v) is 11.5. The number of unbranched alkanes of at least 4 members (excludes halogenated alkanes) is 16. The molecular formula is C32H69O5P. The van der Waals surface area contributed by atoms with Crippen molar-refractivity contribution in [3.8, 4) is 0 Å². The van der Waals surface area contributed by atoms with Crippen LogP contribution in [0, 0.1) is 0 Å². The molecule has 0 aliphatic carbocycles. The second kappa shape index (κ2) is 28.7. The predicted molar refractivity (Wildman–Crippen MR) is 168 cm³/mol. The highest BCUT2D eigenvalue weighted by atomic mass is 31.0. The van der Waals surface area contributed by atoms with E-state index in [2.05, 4.69) is 13.8 Å². The van der Waals surface area contributed by atoms with E-state index in [9.17, 15) is 20.4 Å². The van der Waals surface area contributed by atoms with E-state index in [1.807, 2.05) is 0 Å². The van der Waals surface area contributed by atoms with Gasteiger partial charge in [-0.3, -0.25) is 0 Å². The maximum atomic E-state index is 9.92. The van der Waals surface area contributed by atoms with Gasteiger partial charge in [-0.2, -0.15) is 9.90 Å². The minimum atomic E-state index is -0.603. The van der Waals surface area contributed by atoms with E-state index < -0.39 is 11.2 Å². The Balaban J connectivity index is 0. The maximum absolute atomic E-state index is 9.92. The summed E-state index contributed by atoms with van der Waals surface area (Å²) in [7, 11) is 0. The quantitative estimate of drug-likeness (QED) is 0.0526. The molecule has 0 spiro atoms. The fourth-order valence-corrected chi connectivity index (χ4v) is 5.85. The minimum Gasteiger partial charge on any atom is -0.396 e. The summed E-state index contributed by atoms with van der Waals surface area (Å²) in [5.41, 5.74) is -1.21. The van der Waals surface area contributed by atoms with E-state index in [0.29, 0.717) is 25.7 Å². The predicted octanol–water partition coefficient (Wildman–Crippen LogP) is 7.91. The van der Waals surface area contributed by atoms with Crippen molar-refractivity contribution < 1.29 is 25.2 Å². The molecule has 0 bridgehead atoms. The lowest BCUT2D eigenvalue weighted by Crippen LogP contribution is -2.47. The zero-order chi connectivity index (χ0) is 27.5. The summed E-state index contributed by atoms with van der Waals surface area (Å²) in [4.78, 5) is 0. The van der Waals surface area contributed by atoms with Crippen molar-refractivity contribution in [3.63, 3.8) is 0 Å². The number of aliphatic hydroxyl groups excluding tert-OH is 4. The minimum absolute atomic E-state index is 0. The first-order chi connectivity index (χ1) is 18.1. The summed E-state index contributed by atoms with van der Waals surface area (Å²) in [6, 6.07) is 0. The molecule has 1 unspecified atom stereocenters. The molecule has 0 heterocycles. The van der Waals surface area contributed by atoms with Crippen LogP contribution in [-0.2, 0) is 4.74 Å². The third-order valence-electron chi connectivity index (χ3n) is 8.17. The van der Waals surface area contributed by atoms with Gasteiger partial charge >= 0.3 is 0 Å². The lowest BCUT2D eigenvalue weighted by Gasteiger charge is -2.44. The highest BCUT2D eigenvalue weighted by Gasteiger charge is 2.40. The van der Waals surface area contributed by atoms with Crippen LogP contribution in [0.3, 0.4) is 0 Å². The zero-order valence-corrected chi connectivity index (χ0v) is 27.1. The number of aliphatic hydroxyl groups is 4. The molecule has 0 amide bonds. The first-order valence-corrected chi connectivity index (χ1v) is 16.2. The molecular weight excluding hydrogens is 495 g/mol. The lowest BCUT2D eigenvalue weighted by molar-refractivity contribution is -0.191. The van der Waals surface area contributed by atoms with E-state index in [-0.39, 0.29) is 36.3 Å². The van der Waals surface area contributed by atoms with Gasteiger partial charge in [-0.05, 0) is 38.5 Å². The van der Waals surface area contributed by atoms with Gasteiger partial charge in [0.15, 0.2) is 0 Å². The summed E-state index contributed by atoms with van der Waals surface area (Å²) in [5, 5.41) is 39.7. The fraction of sp³-hybridized carbons (Fsp3) is 1.00. The number of ether oxygens (including phenoxy) is 1. The molecule has 0 aliphatic heterocycles. The number of rotatable bonds is 30. The molecule has 232 valence electrons. The Kier molecular flexibility index (Phi) is 30.5. The molecule has 0 aromatic heterocycles. The average molecular weight is 565 g/mol. The normalized spacial score (nSPS) is 12.2. The molecule has 0 rings (SSSR count). The Morgan fingerprint density at radius 2 is 0.605 bits per heavy atom. The van der Waals surface area contributed by atoms with Crippen molar-refractivity contribution in [3.05, 3.63) is 0 Å². The summed E-state index contributed by atoms with van der Waals surface area (Å²) in [6.07, 6.45) is 26.1. The van der Waals surface area contributed by atoms with Crippen LogP contribution in [0.5, 0.6) is 0 Å². The van der Waals surface area contributed by atoms with Crippen LogP contribution in [0.2, 0.25) is 0 Å². The van der Waals surface area contributed by atoms with Crippen LogP contribution < -0.4 is 0 Å². The summed E-state index contributed by atoms with van der Waals surface area (Å²) < 4.78 is 6.89. The lowest BCUT2D eigenvalue weighted by atomic mass is 9.84. The monoisotopic (exact) mass is 564 g/mol. The van der Waals surface area contributed by atoms with Crippen LogP contribution in [-0.4, -0.2) is 58.1 Å². The molecule has 4 N–H and O–H groups in total. The van der Waals surface area contributed by atoms with Crippen molar-refractivity contribution in [2.24, 2.45) is 0 Å². The standard InChI is InChI=1S/C32H66O5.H3P/c1-3-5-7-9-11-13-15-17-19-21-31(23-27-33,24-28-34)37-32(25-29-35,26-30-36)22-20-18-16-14-12-10-8-6-4-2;/h33-36H,3-30H2,1-2H3;1H3. The molecule has 0 aromatic carbocycles. The van der Waals surface area contributed by atoms with Crippen LogP contribution >= 0.6 is 9.90 Å². The van der Waals surface area contributed by atoms with E-state index in [1.54, 1.807) is 0 Å². The van der Waals surface area contributed by atoms with E-state index in [0.717, 1.165) is 38.5 Å². The van der Waals surface area contributed by atoms with Crippen molar-refractivity contribution in [1.82, 2.24) is 0 Å². The average Bonchev–Trinajstić information content (AvgIpc) is 2.87. The molecule has 0 saturated heterocycles. The first kappa shape index (κ1) is 40.4. The van der Waals surface area contributed by atoms with Crippen molar-refractivity contribution in [2.45, 2.75) is 179 Å². The smallest absolute Gasteiger partial charge is 0.0733 e. The van der Waals surface area contributed by atoms with E-state index >= 15 is 0 Å². The Morgan fingerprint density at radius 1 is 0.368 bits per heavy atom. The molecule has 5 nitrogen and oxygen atoms in total. The summed E-state index contributed by atoms with van der Waals surface area (Å²) >= 11 is 0. The number of hydrogen-bond acceptors (Lipinski definition) is 5. The number of hydrogen-bond donors (Lipinski definition) is 4. The van der Waals surface area contributed by atoms with Gasteiger partial charge in [0.2, 0.25) is 0 Å². The Morgan fingerprint density at radius 3 is 0.842 bits per heavy atom. The van der Waals surface area contributed by atoms with Gasteiger partial charge in [-0.1, -0.05) is 129 Å². The molecule has 1 atom stereocenters. The van der Waals surface area contributed by atoms with E-state index in [4.69, 9.17) is 4.74 Å². The first-order valence-electron chi connectivity index (χ1n) is 16.2. The van der Waals surface area contributed by atoms with Gasteiger partial charge in [0.05, 0.1) is 11.2 Å². The molecule has 0 aliphatic rings. The van der Waals surface area contributed by atoms with Crippen molar-refractivity contribution >= 4 is 9.90 Å². The highest BCUT2D eigenvalue weighted by molar-refractivity contribution is 6.92. The molecule has 0 saturated carbocycles. The third kappa shape index (κ3) is 21.0. The van der Waals surface area contributed by atoms with Gasteiger partial charge in [-0.25, -0.2) is 0 Å². The third-order valence-corrected chi connectivity index (χ3v) is 8.17.